The van der Waals surface area contributed by atoms with Gasteiger partial charge in [0.15, 0.2) is 0 Å². The van der Waals surface area contributed by atoms with Crippen LogP contribution in [0.3, 0.4) is 0 Å². The molecule has 0 spiro atoms. The Hall–Kier alpha value is -2.63. The number of anilines is 1. The number of benzene rings is 1. The quantitative estimate of drug-likeness (QED) is 0.791. The van der Waals surface area contributed by atoms with Crippen molar-refractivity contribution in [1.82, 2.24) is 15.6 Å². The fourth-order valence-electron chi connectivity index (χ4n) is 2.41. The van der Waals surface area contributed by atoms with Gasteiger partial charge in [-0.2, -0.15) is 0 Å². The molecule has 23 heavy (non-hydrogen) atoms. The van der Waals surface area contributed by atoms with Crippen LogP contribution in [0.25, 0.3) is 10.9 Å². The average molecular weight is 312 g/mol. The molecule has 3 rings (SSSR count). The van der Waals surface area contributed by atoms with Crippen molar-refractivity contribution in [3.63, 3.8) is 0 Å². The Bertz CT molecular complexity index is 740. The minimum atomic E-state index is -0.413. The number of amides is 3. The Balaban J connectivity index is 1.58. The van der Waals surface area contributed by atoms with Gasteiger partial charge < -0.3 is 16.0 Å². The van der Waals surface area contributed by atoms with Gasteiger partial charge in [-0.3, -0.25) is 9.78 Å². The molecule has 1 aromatic heterocycles. The van der Waals surface area contributed by atoms with Crippen molar-refractivity contribution >= 4 is 28.5 Å². The zero-order valence-electron chi connectivity index (χ0n) is 13.1. The number of fused-ring (bicyclic) bond motifs is 1. The molecule has 6 nitrogen and oxygen atoms in total. The Morgan fingerprint density at radius 3 is 2.87 bits per heavy atom. The average Bonchev–Trinajstić information content (AvgIpc) is 3.35. The van der Waals surface area contributed by atoms with Gasteiger partial charge in [-0.25, -0.2) is 4.79 Å². The summed E-state index contributed by atoms with van der Waals surface area (Å²) in [5.41, 5.74) is 2.39. The van der Waals surface area contributed by atoms with E-state index in [1.165, 1.54) is 12.8 Å². The highest BCUT2D eigenvalue weighted by molar-refractivity contribution is 6.00. The summed E-state index contributed by atoms with van der Waals surface area (Å²) in [7, 11) is 0. The lowest BCUT2D eigenvalue weighted by atomic mass is 10.1. The molecule has 1 aromatic carbocycles. The van der Waals surface area contributed by atoms with E-state index in [1.54, 1.807) is 6.20 Å². The summed E-state index contributed by atoms with van der Waals surface area (Å²) in [6.45, 7) is 2.63. The summed E-state index contributed by atoms with van der Waals surface area (Å²) in [5, 5.41) is 9.11. The van der Waals surface area contributed by atoms with Gasteiger partial charge in [-0.05, 0) is 49.4 Å². The summed E-state index contributed by atoms with van der Waals surface area (Å²) in [6, 6.07) is 7.27. The van der Waals surface area contributed by atoms with E-state index in [9.17, 15) is 9.59 Å². The molecule has 0 bridgehead atoms. The molecule has 1 heterocycles. The van der Waals surface area contributed by atoms with E-state index in [0.29, 0.717) is 18.2 Å². The second kappa shape index (κ2) is 6.64. The van der Waals surface area contributed by atoms with Crippen LogP contribution in [0.4, 0.5) is 10.5 Å². The molecule has 1 aliphatic carbocycles. The van der Waals surface area contributed by atoms with Gasteiger partial charge in [0.05, 0.1) is 17.7 Å². The Morgan fingerprint density at radius 1 is 1.26 bits per heavy atom. The third kappa shape index (κ3) is 4.18. The highest BCUT2D eigenvalue weighted by atomic mass is 16.2. The van der Waals surface area contributed by atoms with Crippen molar-refractivity contribution in [3.05, 3.63) is 36.0 Å². The van der Waals surface area contributed by atoms with E-state index in [4.69, 9.17) is 0 Å². The lowest BCUT2D eigenvalue weighted by Gasteiger charge is -2.11. The topological polar surface area (TPSA) is 83.1 Å². The molecule has 3 N–H and O–H groups in total. The lowest BCUT2D eigenvalue weighted by Crippen LogP contribution is -2.39. The normalized spacial score (nSPS) is 13.6. The molecule has 1 saturated carbocycles. The van der Waals surface area contributed by atoms with E-state index in [-0.39, 0.29) is 12.5 Å². The molecular formula is C17H20N4O2. The largest absolute Gasteiger partial charge is 0.354 e. The van der Waals surface area contributed by atoms with Crippen LogP contribution >= 0.6 is 0 Å². The molecule has 0 aliphatic heterocycles. The second-order valence-corrected chi connectivity index (χ2v) is 5.94. The van der Waals surface area contributed by atoms with Crippen LogP contribution in [0.5, 0.6) is 0 Å². The molecule has 120 valence electrons. The highest BCUT2D eigenvalue weighted by Crippen LogP contribution is 2.27. The molecular weight excluding hydrogens is 292 g/mol. The number of aryl methyl sites for hydroxylation is 1. The third-order valence-corrected chi connectivity index (χ3v) is 3.79. The molecule has 0 atom stereocenters. The van der Waals surface area contributed by atoms with Crippen LogP contribution in [0.2, 0.25) is 0 Å². The molecule has 0 radical (unpaired) electrons. The van der Waals surface area contributed by atoms with E-state index in [0.717, 1.165) is 16.5 Å². The van der Waals surface area contributed by atoms with Crippen molar-refractivity contribution < 1.29 is 9.59 Å². The maximum Gasteiger partial charge on any atom is 0.319 e. The number of nitrogens with zero attached hydrogens (tertiary/aromatic N) is 1. The van der Waals surface area contributed by atoms with Crippen molar-refractivity contribution in [2.75, 3.05) is 18.4 Å². The lowest BCUT2D eigenvalue weighted by molar-refractivity contribution is -0.120. The van der Waals surface area contributed by atoms with Gasteiger partial charge >= 0.3 is 6.03 Å². The zero-order valence-corrected chi connectivity index (χ0v) is 13.1. The summed E-state index contributed by atoms with van der Waals surface area (Å²) < 4.78 is 0. The van der Waals surface area contributed by atoms with E-state index < -0.39 is 6.03 Å². The van der Waals surface area contributed by atoms with Crippen molar-refractivity contribution in [1.29, 1.82) is 0 Å². The first-order chi connectivity index (χ1) is 11.1. The SMILES string of the molecule is Cc1cc(NC(=O)NCC(=O)NCC2CC2)c2ncccc2c1. The fourth-order valence-corrected chi connectivity index (χ4v) is 2.41. The van der Waals surface area contributed by atoms with Crippen LogP contribution in [0.1, 0.15) is 18.4 Å². The number of carbonyl (C=O) groups is 2. The monoisotopic (exact) mass is 312 g/mol. The fraction of sp³-hybridized carbons (Fsp3) is 0.353. The summed E-state index contributed by atoms with van der Waals surface area (Å²) in [6.07, 6.45) is 4.05. The molecule has 0 unspecified atom stereocenters. The van der Waals surface area contributed by atoms with E-state index in [1.807, 2.05) is 31.2 Å². The number of hydrogen-bond acceptors (Lipinski definition) is 3. The van der Waals surface area contributed by atoms with Crippen LogP contribution < -0.4 is 16.0 Å². The smallest absolute Gasteiger partial charge is 0.319 e. The first kappa shape index (κ1) is 15.3. The minimum Gasteiger partial charge on any atom is -0.354 e. The van der Waals surface area contributed by atoms with Gasteiger partial charge in [0.2, 0.25) is 5.91 Å². The molecule has 1 fully saturated rings. The second-order valence-electron chi connectivity index (χ2n) is 5.94. The Morgan fingerprint density at radius 2 is 2.09 bits per heavy atom. The third-order valence-electron chi connectivity index (χ3n) is 3.79. The summed E-state index contributed by atoms with van der Waals surface area (Å²) >= 11 is 0. The van der Waals surface area contributed by atoms with Gasteiger partial charge in [-0.1, -0.05) is 6.07 Å². The van der Waals surface area contributed by atoms with Crippen LogP contribution in [0.15, 0.2) is 30.5 Å². The standard InChI is InChI=1S/C17H20N4O2/c1-11-7-13-3-2-6-18-16(13)14(8-11)21-17(23)20-10-15(22)19-9-12-4-5-12/h2-3,6-8,12H,4-5,9-10H2,1H3,(H,19,22)(H2,20,21,23). The van der Waals surface area contributed by atoms with E-state index >= 15 is 0 Å². The van der Waals surface area contributed by atoms with E-state index in [2.05, 4.69) is 20.9 Å². The zero-order chi connectivity index (χ0) is 16.2. The minimum absolute atomic E-state index is 0.0320. The number of rotatable bonds is 5. The van der Waals surface area contributed by atoms with Crippen LogP contribution in [0, 0.1) is 12.8 Å². The van der Waals surface area contributed by atoms with Crippen molar-refractivity contribution in [3.8, 4) is 0 Å². The maximum absolute atomic E-state index is 12.0. The molecule has 0 saturated heterocycles. The van der Waals surface area contributed by atoms with Gasteiger partial charge in [-0.15, -0.1) is 0 Å². The first-order valence-electron chi connectivity index (χ1n) is 7.79. The number of pyridine rings is 1. The predicted molar refractivity (Wildman–Crippen MR) is 89.2 cm³/mol. The summed E-state index contributed by atoms with van der Waals surface area (Å²) in [5.74, 6) is 0.455. The van der Waals surface area contributed by atoms with Gasteiger partial charge in [0.1, 0.15) is 0 Å². The Labute approximate surface area is 134 Å². The summed E-state index contributed by atoms with van der Waals surface area (Å²) in [4.78, 5) is 27.9. The molecule has 1 aliphatic rings. The van der Waals surface area contributed by atoms with Gasteiger partial charge in [0, 0.05) is 18.1 Å². The molecule has 6 heteroatoms. The van der Waals surface area contributed by atoms with Crippen LogP contribution in [-0.2, 0) is 4.79 Å². The number of aromatic nitrogens is 1. The highest BCUT2D eigenvalue weighted by Gasteiger charge is 2.21. The van der Waals surface area contributed by atoms with Gasteiger partial charge in [0.25, 0.3) is 0 Å². The van der Waals surface area contributed by atoms with Crippen molar-refractivity contribution in [2.24, 2.45) is 5.92 Å². The maximum atomic E-state index is 12.0. The number of hydrogen-bond donors (Lipinski definition) is 3. The van der Waals surface area contributed by atoms with Crippen molar-refractivity contribution in [2.45, 2.75) is 19.8 Å². The number of urea groups is 1. The molecule has 3 amide bonds. The van der Waals surface area contributed by atoms with Crippen LogP contribution in [-0.4, -0.2) is 30.0 Å². The first-order valence-corrected chi connectivity index (χ1v) is 7.79. The molecule has 2 aromatic rings. The Kier molecular flexibility index (Phi) is 4.41. The number of carbonyl (C=O) groups excluding carboxylic acids is 2. The number of nitrogens with one attached hydrogen (secondary N) is 3. The predicted octanol–water partition coefficient (Wildman–Crippen LogP) is 2.19.